The summed E-state index contributed by atoms with van der Waals surface area (Å²) in [6.45, 7) is 16.8. The van der Waals surface area contributed by atoms with Crippen LogP contribution in [0.15, 0.2) is 119 Å². The van der Waals surface area contributed by atoms with Crippen molar-refractivity contribution in [3.8, 4) is 0 Å². The van der Waals surface area contributed by atoms with Crippen LogP contribution in [0.4, 0.5) is 0 Å². The molecule has 5 heterocycles. The van der Waals surface area contributed by atoms with E-state index in [-0.39, 0.29) is 22.3 Å². The second-order valence-electron chi connectivity index (χ2n) is 17.9. The summed E-state index contributed by atoms with van der Waals surface area (Å²) in [5, 5.41) is 7.61. The van der Waals surface area contributed by atoms with Gasteiger partial charge in [0.05, 0.1) is 17.0 Å². The molecule has 250 valence electrons. The molecule has 3 atom stereocenters. The van der Waals surface area contributed by atoms with E-state index in [1.807, 2.05) is 6.20 Å². The third-order valence-corrected chi connectivity index (χ3v) is 15.6. The predicted molar refractivity (Wildman–Crippen MR) is 217 cm³/mol. The Bertz CT molecular complexity index is 2670. The average Bonchev–Trinajstić information content (AvgIpc) is 3.81. The molecule has 0 saturated carbocycles. The van der Waals surface area contributed by atoms with E-state index in [2.05, 4.69) is 144 Å². The fraction of sp³-hybridized carbons (Fsp3) is 0.292. The first kappa shape index (κ1) is 30.1. The summed E-state index contributed by atoms with van der Waals surface area (Å²) in [5.74, 6) is 0.232. The number of nitrogens with zero attached hydrogens (tertiary/aromatic N) is 2. The van der Waals surface area contributed by atoms with E-state index in [4.69, 9.17) is 4.98 Å². The molecular formula is C48H44N2P+. The van der Waals surface area contributed by atoms with Crippen LogP contribution in [-0.4, -0.2) is 14.8 Å². The summed E-state index contributed by atoms with van der Waals surface area (Å²) in [6.07, 6.45) is 17.4. The van der Waals surface area contributed by atoms with Gasteiger partial charge in [-0.1, -0.05) is 90.1 Å². The highest BCUT2D eigenvalue weighted by molar-refractivity contribution is 7.72. The minimum Gasteiger partial charge on any atom is -0.329 e. The molecule has 2 nitrogen and oxygen atoms in total. The van der Waals surface area contributed by atoms with Gasteiger partial charge in [0.25, 0.3) is 0 Å². The maximum absolute atomic E-state index is 4.76. The van der Waals surface area contributed by atoms with E-state index in [0.717, 1.165) is 19.3 Å². The molecule has 0 spiro atoms. The zero-order valence-corrected chi connectivity index (χ0v) is 31.7. The van der Waals surface area contributed by atoms with Gasteiger partial charge in [-0.25, -0.2) is 0 Å². The fourth-order valence-corrected chi connectivity index (χ4v) is 13.7. The van der Waals surface area contributed by atoms with Gasteiger partial charge in [0.15, 0.2) is 23.5 Å². The highest BCUT2D eigenvalue weighted by Crippen LogP contribution is 2.66. The van der Waals surface area contributed by atoms with Crippen molar-refractivity contribution in [3.63, 3.8) is 0 Å². The van der Waals surface area contributed by atoms with E-state index in [0.29, 0.717) is 0 Å². The molecule has 3 aliphatic heterocycles. The number of benzene rings is 3. The maximum Gasteiger partial charge on any atom is 0.175 e. The lowest BCUT2D eigenvalue weighted by molar-refractivity contribution is 0.449. The van der Waals surface area contributed by atoms with Gasteiger partial charge in [0.1, 0.15) is 0 Å². The van der Waals surface area contributed by atoms with Crippen molar-refractivity contribution >= 4 is 51.1 Å². The molecule has 0 bridgehead atoms. The number of hydrogen-bond donors (Lipinski definition) is 0. The van der Waals surface area contributed by atoms with Crippen LogP contribution in [0.3, 0.4) is 0 Å². The van der Waals surface area contributed by atoms with Gasteiger partial charge in [-0.2, -0.15) is 0 Å². The number of fused-ring (bicyclic) bond motifs is 14. The summed E-state index contributed by atoms with van der Waals surface area (Å²) in [5.41, 5.74) is 19.0. The smallest absolute Gasteiger partial charge is 0.175 e. The van der Waals surface area contributed by atoms with Crippen molar-refractivity contribution < 1.29 is 0 Å². The predicted octanol–water partition coefficient (Wildman–Crippen LogP) is 11.8. The molecular weight excluding hydrogens is 636 g/mol. The molecule has 3 heteroatoms. The van der Waals surface area contributed by atoms with Crippen LogP contribution >= 0.6 is 7.55 Å². The third kappa shape index (κ3) is 3.70. The second kappa shape index (κ2) is 9.67. The Morgan fingerprint density at radius 1 is 0.902 bits per heavy atom. The maximum atomic E-state index is 4.76. The zero-order valence-electron chi connectivity index (χ0n) is 30.8. The van der Waals surface area contributed by atoms with E-state index < -0.39 is 7.55 Å². The van der Waals surface area contributed by atoms with Gasteiger partial charge in [-0.15, -0.1) is 0 Å². The molecule has 51 heavy (non-hydrogen) atoms. The SMILES string of the molecule is CC(C)(C)C1=CCC2(C)C(=C1)c1c3c(cc4c5ccccc5n2c14)C(c1cccnc1)=C1C2=C(C=CCC2)[P+]2=C1C3c1cc(C(C)(C)C)ccc12. The van der Waals surface area contributed by atoms with E-state index in [1.54, 1.807) is 32.6 Å². The van der Waals surface area contributed by atoms with Crippen LogP contribution in [0.1, 0.15) is 107 Å². The molecule has 5 aromatic rings. The van der Waals surface area contributed by atoms with Crippen LogP contribution < -0.4 is 5.30 Å². The van der Waals surface area contributed by atoms with Gasteiger partial charge in [0.2, 0.25) is 0 Å². The van der Waals surface area contributed by atoms with Crippen molar-refractivity contribution in [2.75, 3.05) is 0 Å². The van der Waals surface area contributed by atoms with Crippen molar-refractivity contribution in [1.29, 1.82) is 0 Å². The number of aromatic nitrogens is 2. The molecule has 2 aromatic heterocycles. The van der Waals surface area contributed by atoms with Crippen molar-refractivity contribution in [1.82, 2.24) is 9.55 Å². The summed E-state index contributed by atoms with van der Waals surface area (Å²) in [4.78, 5) is 4.76. The van der Waals surface area contributed by atoms with Crippen LogP contribution in [0.2, 0.25) is 0 Å². The van der Waals surface area contributed by atoms with Gasteiger partial charge < -0.3 is 4.57 Å². The van der Waals surface area contributed by atoms with Gasteiger partial charge >= 0.3 is 0 Å². The first-order valence-electron chi connectivity index (χ1n) is 18.9. The lowest BCUT2D eigenvalue weighted by atomic mass is 9.67. The average molecular weight is 680 g/mol. The summed E-state index contributed by atoms with van der Waals surface area (Å²) >= 11 is 0. The van der Waals surface area contributed by atoms with Crippen molar-refractivity contribution in [2.45, 2.75) is 84.6 Å². The van der Waals surface area contributed by atoms with Gasteiger partial charge in [0, 0.05) is 62.1 Å². The Kier molecular flexibility index (Phi) is 5.71. The first-order chi connectivity index (χ1) is 24.5. The summed E-state index contributed by atoms with van der Waals surface area (Å²) in [6, 6.07) is 23.9. The number of hydrogen-bond acceptors (Lipinski definition) is 1. The number of pyridine rings is 1. The largest absolute Gasteiger partial charge is 0.329 e. The van der Waals surface area contributed by atoms with Crippen molar-refractivity contribution in [2.24, 2.45) is 5.41 Å². The molecule has 3 aromatic carbocycles. The van der Waals surface area contributed by atoms with E-state index in [9.17, 15) is 0 Å². The lowest BCUT2D eigenvalue weighted by Gasteiger charge is -2.36. The van der Waals surface area contributed by atoms with Gasteiger partial charge in [-0.3, -0.25) is 4.98 Å². The standard InChI is InChI=1S/C48H44N2P/c1-46(2,3)28-18-19-38-33(23-28)42-40-34(39(27-13-12-22-49-26-27)41-31-15-9-11-17-37(31)51(38)45(41)42)25-32-30-14-8-10-16-36(30)50-44(32)43(40)35-24-29(47(4,5)6)20-21-48(35,50)7/h8,10-14,16-20,22-26,42H,9,15,21H2,1-7H3/q+1. The molecule has 0 radical (unpaired) electrons. The molecule has 3 unspecified atom stereocenters. The minimum atomic E-state index is -0.618. The molecule has 0 saturated heterocycles. The fourth-order valence-electron chi connectivity index (χ4n) is 10.5. The second-order valence-corrected chi connectivity index (χ2v) is 20.0. The molecule has 6 aliphatic rings. The molecule has 0 amide bonds. The Balaban J connectivity index is 1.36. The molecule has 11 rings (SSSR count). The van der Waals surface area contributed by atoms with Crippen LogP contribution in [0.5, 0.6) is 0 Å². The topological polar surface area (TPSA) is 17.8 Å². The van der Waals surface area contributed by atoms with Crippen molar-refractivity contribution in [3.05, 3.63) is 153 Å². The monoisotopic (exact) mass is 679 g/mol. The highest BCUT2D eigenvalue weighted by Gasteiger charge is 2.57. The Labute approximate surface area is 302 Å². The quantitative estimate of drug-likeness (QED) is 0.161. The van der Waals surface area contributed by atoms with Gasteiger partial charge in [-0.05, 0) is 101 Å². The normalized spacial score (nSPS) is 23.5. The number of para-hydroxylation sites is 1. The zero-order chi connectivity index (χ0) is 34.8. The Morgan fingerprint density at radius 3 is 2.53 bits per heavy atom. The van der Waals surface area contributed by atoms with E-state index in [1.165, 1.54) is 66.3 Å². The lowest BCUT2D eigenvalue weighted by Crippen LogP contribution is -2.30. The first-order valence-corrected chi connectivity index (χ1v) is 20.2. The summed E-state index contributed by atoms with van der Waals surface area (Å²) in [7, 11) is -0.618. The summed E-state index contributed by atoms with van der Waals surface area (Å²) < 4.78 is 2.74. The molecule has 0 N–H and O–H groups in total. The van der Waals surface area contributed by atoms with Crippen LogP contribution in [0.25, 0.3) is 33.0 Å². The third-order valence-electron chi connectivity index (χ3n) is 12.9. The Morgan fingerprint density at radius 2 is 1.75 bits per heavy atom. The number of allylic oxidation sites excluding steroid dienone is 9. The molecule has 0 fully saturated rings. The van der Waals surface area contributed by atoms with E-state index >= 15 is 0 Å². The highest BCUT2D eigenvalue weighted by atomic mass is 31.1. The van der Waals surface area contributed by atoms with Crippen LogP contribution in [-0.2, 0) is 11.0 Å². The number of rotatable bonds is 1. The minimum absolute atomic E-state index is 0.0703. The molecule has 3 aliphatic carbocycles. The van der Waals surface area contributed by atoms with Crippen LogP contribution in [0, 0.1) is 5.41 Å². The Hall–Kier alpha value is -4.52.